The third-order valence-electron chi connectivity index (χ3n) is 4.81. The SMILES string of the molecule is O=S(=O)(Nc1cc2c(c(N3CCNCC3)c1)OCC2)c1c(F)c(Br)cc(F)c1Br. The smallest absolute Gasteiger partial charge is 0.266 e. The molecule has 2 aliphatic rings. The molecular weight excluding hydrogens is 536 g/mol. The molecule has 1 saturated heterocycles. The van der Waals surface area contributed by atoms with E-state index in [1.165, 1.54) is 0 Å². The first-order valence-corrected chi connectivity index (χ1v) is 12.0. The molecule has 2 aromatic rings. The van der Waals surface area contributed by atoms with Crippen molar-refractivity contribution < 1.29 is 21.9 Å². The van der Waals surface area contributed by atoms with E-state index in [9.17, 15) is 17.2 Å². The zero-order chi connectivity index (χ0) is 20.8. The fourth-order valence-corrected chi connectivity index (χ4v) is 6.15. The molecule has 29 heavy (non-hydrogen) atoms. The van der Waals surface area contributed by atoms with Gasteiger partial charge in [-0.1, -0.05) is 0 Å². The largest absolute Gasteiger partial charge is 0.491 e. The van der Waals surface area contributed by atoms with Crippen molar-refractivity contribution in [1.82, 2.24) is 5.32 Å². The normalized spacial score (nSPS) is 16.5. The van der Waals surface area contributed by atoms with Crippen LogP contribution in [0.2, 0.25) is 0 Å². The van der Waals surface area contributed by atoms with E-state index in [1.54, 1.807) is 12.1 Å². The van der Waals surface area contributed by atoms with Crippen LogP contribution in [0.15, 0.2) is 32.0 Å². The average Bonchev–Trinajstić information content (AvgIpc) is 3.14. The summed E-state index contributed by atoms with van der Waals surface area (Å²) in [4.78, 5) is 1.33. The number of nitrogens with one attached hydrogen (secondary N) is 2. The topological polar surface area (TPSA) is 70.7 Å². The molecule has 0 aromatic heterocycles. The molecule has 0 bridgehead atoms. The van der Waals surface area contributed by atoms with E-state index in [1.807, 2.05) is 0 Å². The second-order valence-corrected chi connectivity index (χ2v) is 9.99. The van der Waals surface area contributed by atoms with Gasteiger partial charge in [0.25, 0.3) is 10.0 Å². The summed E-state index contributed by atoms with van der Waals surface area (Å²) < 4.78 is 61.8. The predicted octanol–water partition coefficient (Wildman–Crippen LogP) is 3.64. The molecule has 0 saturated carbocycles. The number of nitrogens with zero attached hydrogens (tertiary/aromatic N) is 1. The number of hydrogen-bond donors (Lipinski definition) is 2. The van der Waals surface area contributed by atoms with Crippen LogP contribution in [0.1, 0.15) is 5.56 Å². The Kier molecular flexibility index (Phi) is 5.75. The van der Waals surface area contributed by atoms with Crippen LogP contribution in [0.5, 0.6) is 5.75 Å². The van der Waals surface area contributed by atoms with Gasteiger partial charge in [0.05, 0.1) is 26.9 Å². The van der Waals surface area contributed by atoms with Gasteiger partial charge in [-0.3, -0.25) is 4.72 Å². The average molecular weight is 553 g/mol. The number of sulfonamides is 1. The van der Waals surface area contributed by atoms with E-state index in [0.717, 1.165) is 49.2 Å². The minimum absolute atomic E-state index is 0.273. The standard InChI is InChI=1S/C18H17Br2F2N3O3S/c19-12-9-13(21)15(20)18(16(12)22)29(26,27)24-11-7-10-1-6-28-17(10)14(8-11)25-4-2-23-3-5-25/h7-9,23-24H,1-6H2. The molecule has 6 nitrogen and oxygen atoms in total. The number of halogens is 4. The fourth-order valence-electron chi connectivity index (χ4n) is 3.48. The van der Waals surface area contributed by atoms with Gasteiger partial charge in [-0.25, -0.2) is 17.2 Å². The maximum absolute atomic E-state index is 14.5. The zero-order valence-corrected chi connectivity index (χ0v) is 19.1. The summed E-state index contributed by atoms with van der Waals surface area (Å²) in [6.07, 6.45) is 0.646. The lowest BCUT2D eigenvalue weighted by molar-refractivity contribution is 0.356. The van der Waals surface area contributed by atoms with Crippen molar-refractivity contribution in [2.75, 3.05) is 42.4 Å². The van der Waals surface area contributed by atoms with Crippen LogP contribution in [0.3, 0.4) is 0 Å². The number of benzene rings is 2. The van der Waals surface area contributed by atoms with Gasteiger partial charge in [0.2, 0.25) is 0 Å². The summed E-state index contributed by atoms with van der Waals surface area (Å²) in [6.45, 7) is 3.63. The maximum Gasteiger partial charge on any atom is 0.266 e. The molecule has 11 heteroatoms. The van der Waals surface area contributed by atoms with Gasteiger partial charge in [-0.2, -0.15) is 0 Å². The van der Waals surface area contributed by atoms with E-state index >= 15 is 0 Å². The summed E-state index contributed by atoms with van der Waals surface area (Å²) in [5.41, 5.74) is 1.94. The van der Waals surface area contributed by atoms with E-state index in [4.69, 9.17) is 4.74 Å². The van der Waals surface area contributed by atoms with Gasteiger partial charge in [-0.05, 0) is 50.1 Å². The summed E-state index contributed by atoms with van der Waals surface area (Å²) in [5, 5.41) is 3.27. The third-order valence-corrected chi connectivity index (χ3v) is 7.85. The fraction of sp³-hybridized carbons (Fsp3) is 0.333. The molecule has 2 heterocycles. The van der Waals surface area contributed by atoms with E-state index in [-0.39, 0.29) is 10.2 Å². The summed E-state index contributed by atoms with van der Waals surface area (Å²) in [6, 6.07) is 4.21. The Morgan fingerprint density at radius 3 is 2.59 bits per heavy atom. The monoisotopic (exact) mass is 551 g/mol. The van der Waals surface area contributed by atoms with Crippen LogP contribution in [0.4, 0.5) is 20.2 Å². The first kappa shape index (κ1) is 20.8. The molecule has 4 rings (SSSR count). The quantitative estimate of drug-likeness (QED) is 0.567. The Balaban J connectivity index is 1.75. The Labute approximate surface area is 183 Å². The predicted molar refractivity (Wildman–Crippen MR) is 113 cm³/mol. The number of rotatable bonds is 4. The molecule has 0 aliphatic carbocycles. The van der Waals surface area contributed by atoms with E-state index < -0.39 is 31.0 Å². The van der Waals surface area contributed by atoms with E-state index in [0.29, 0.717) is 13.0 Å². The van der Waals surface area contributed by atoms with Gasteiger partial charge in [0, 0.05) is 38.2 Å². The van der Waals surface area contributed by atoms with Gasteiger partial charge in [-0.15, -0.1) is 0 Å². The van der Waals surface area contributed by atoms with Crippen molar-refractivity contribution in [3.63, 3.8) is 0 Å². The summed E-state index contributed by atoms with van der Waals surface area (Å²) in [5.74, 6) is -1.21. The second kappa shape index (κ2) is 8.01. The highest BCUT2D eigenvalue weighted by atomic mass is 79.9. The van der Waals surface area contributed by atoms with Crippen LogP contribution in [0, 0.1) is 11.6 Å². The number of hydrogen-bond acceptors (Lipinski definition) is 5. The second-order valence-electron chi connectivity index (χ2n) is 6.72. The summed E-state index contributed by atoms with van der Waals surface area (Å²) >= 11 is 5.71. The van der Waals surface area contributed by atoms with Crippen LogP contribution < -0.4 is 19.7 Å². The van der Waals surface area contributed by atoms with Crippen LogP contribution in [-0.4, -0.2) is 41.2 Å². The minimum atomic E-state index is -4.40. The molecule has 0 amide bonds. The van der Waals surface area contributed by atoms with Crippen molar-refractivity contribution in [2.45, 2.75) is 11.3 Å². The Morgan fingerprint density at radius 2 is 1.86 bits per heavy atom. The molecule has 2 N–H and O–H groups in total. The Morgan fingerprint density at radius 1 is 1.14 bits per heavy atom. The molecule has 2 aliphatic heterocycles. The molecule has 156 valence electrons. The lowest BCUT2D eigenvalue weighted by Crippen LogP contribution is -2.43. The highest BCUT2D eigenvalue weighted by Gasteiger charge is 2.29. The third kappa shape index (κ3) is 3.97. The number of fused-ring (bicyclic) bond motifs is 1. The highest BCUT2D eigenvalue weighted by molar-refractivity contribution is 9.11. The molecular formula is C18H17Br2F2N3O3S. The van der Waals surface area contributed by atoms with Gasteiger partial charge >= 0.3 is 0 Å². The number of ether oxygens (including phenoxy) is 1. The van der Waals surface area contributed by atoms with E-state index in [2.05, 4.69) is 46.8 Å². The summed E-state index contributed by atoms with van der Waals surface area (Å²) in [7, 11) is -4.40. The van der Waals surface area contributed by atoms with Gasteiger partial charge < -0.3 is 15.0 Å². The number of anilines is 2. The Bertz CT molecular complexity index is 1050. The van der Waals surface area contributed by atoms with Crippen molar-refractivity contribution in [3.8, 4) is 5.75 Å². The molecule has 0 spiro atoms. The van der Waals surface area contributed by atoms with Crippen molar-refractivity contribution in [2.24, 2.45) is 0 Å². The zero-order valence-electron chi connectivity index (χ0n) is 15.1. The first-order chi connectivity index (χ1) is 13.8. The molecule has 0 radical (unpaired) electrons. The lowest BCUT2D eigenvalue weighted by atomic mass is 10.1. The first-order valence-electron chi connectivity index (χ1n) is 8.89. The van der Waals surface area contributed by atoms with Crippen LogP contribution in [0.25, 0.3) is 0 Å². The highest BCUT2D eigenvalue weighted by Crippen LogP contribution is 2.40. The van der Waals surface area contributed by atoms with Gasteiger partial charge in [0.15, 0.2) is 5.82 Å². The molecule has 1 fully saturated rings. The minimum Gasteiger partial charge on any atom is -0.491 e. The maximum atomic E-state index is 14.5. The molecule has 0 unspecified atom stereocenters. The van der Waals surface area contributed by atoms with Crippen molar-refractivity contribution in [1.29, 1.82) is 0 Å². The van der Waals surface area contributed by atoms with Crippen LogP contribution >= 0.6 is 31.9 Å². The van der Waals surface area contributed by atoms with Crippen molar-refractivity contribution >= 4 is 53.3 Å². The molecule has 2 aromatic carbocycles. The van der Waals surface area contributed by atoms with Gasteiger partial charge in [0.1, 0.15) is 16.5 Å². The van der Waals surface area contributed by atoms with Crippen molar-refractivity contribution in [3.05, 3.63) is 44.3 Å². The molecule has 0 atom stereocenters. The van der Waals surface area contributed by atoms with Crippen LogP contribution in [-0.2, 0) is 16.4 Å². The number of piperazine rings is 1. The Hall–Kier alpha value is -1.43. The lowest BCUT2D eigenvalue weighted by Gasteiger charge is -2.31.